The van der Waals surface area contributed by atoms with Crippen molar-refractivity contribution in [2.24, 2.45) is 4.99 Å². The Hall–Kier alpha value is -2.10. The van der Waals surface area contributed by atoms with E-state index < -0.39 is 0 Å². The van der Waals surface area contributed by atoms with E-state index in [1.54, 1.807) is 0 Å². The van der Waals surface area contributed by atoms with E-state index in [9.17, 15) is 9.59 Å². The van der Waals surface area contributed by atoms with E-state index in [4.69, 9.17) is 0 Å². The van der Waals surface area contributed by atoms with E-state index in [1.807, 2.05) is 25.3 Å². The molecule has 0 atom stereocenters. The quantitative estimate of drug-likeness (QED) is 0.237. The average Bonchev–Trinajstić information content (AvgIpc) is 3.07. The predicted molar refractivity (Wildman–Crippen MR) is 122 cm³/mol. The van der Waals surface area contributed by atoms with Crippen LogP contribution in [0.4, 0.5) is 0 Å². The predicted octanol–water partition coefficient (Wildman–Crippen LogP) is 2.42. The summed E-state index contributed by atoms with van der Waals surface area (Å²) < 4.78 is 0. The number of aromatic nitrogens is 1. The van der Waals surface area contributed by atoms with Gasteiger partial charge >= 0.3 is 0 Å². The molecule has 2 amide bonds. The number of amides is 2. The van der Waals surface area contributed by atoms with Crippen LogP contribution in [0.25, 0.3) is 10.9 Å². The van der Waals surface area contributed by atoms with Gasteiger partial charge in [0.05, 0.1) is 0 Å². The zero-order chi connectivity index (χ0) is 19.1. The lowest BCUT2D eigenvalue weighted by molar-refractivity contribution is -0.147. The summed E-state index contributed by atoms with van der Waals surface area (Å²) in [6.45, 7) is 4.29. The number of guanidine groups is 1. The van der Waals surface area contributed by atoms with E-state index in [0.29, 0.717) is 44.9 Å². The number of imide groups is 1. The molecule has 0 unspecified atom stereocenters. The normalized spacial score (nSPS) is 14.9. The Bertz CT molecular complexity index is 817. The van der Waals surface area contributed by atoms with Crippen LogP contribution in [0.2, 0.25) is 0 Å². The highest BCUT2D eigenvalue weighted by atomic mass is 127. The van der Waals surface area contributed by atoms with Gasteiger partial charge in [-0.25, -0.2) is 0 Å². The summed E-state index contributed by atoms with van der Waals surface area (Å²) in [7, 11) is 0. The molecular formula is C20H28IN5O2. The topological polar surface area (TPSA) is 89.6 Å². The van der Waals surface area contributed by atoms with Crippen molar-refractivity contribution >= 4 is 52.7 Å². The number of fused-ring (bicyclic) bond motifs is 1. The number of nitrogens with one attached hydrogen (secondary N) is 3. The van der Waals surface area contributed by atoms with E-state index >= 15 is 0 Å². The molecule has 0 aliphatic carbocycles. The van der Waals surface area contributed by atoms with E-state index in [2.05, 4.69) is 32.7 Å². The second-order valence-electron chi connectivity index (χ2n) is 6.59. The molecule has 2 aromatic rings. The Labute approximate surface area is 182 Å². The third-order valence-corrected chi connectivity index (χ3v) is 4.68. The Morgan fingerprint density at radius 2 is 1.93 bits per heavy atom. The second kappa shape index (κ2) is 11.0. The van der Waals surface area contributed by atoms with Gasteiger partial charge in [0.1, 0.15) is 0 Å². The van der Waals surface area contributed by atoms with Crippen molar-refractivity contribution in [1.82, 2.24) is 20.5 Å². The molecule has 8 heteroatoms. The maximum absolute atomic E-state index is 11.8. The molecule has 1 aromatic carbocycles. The molecular weight excluding hydrogens is 469 g/mol. The van der Waals surface area contributed by atoms with Gasteiger partial charge in [-0.05, 0) is 31.4 Å². The minimum atomic E-state index is -0.0747. The number of aliphatic imine (C=N–C) groups is 1. The van der Waals surface area contributed by atoms with Gasteiger partial charge in [-0.15, -0.1) is 24.0 Å². The Morgan fingerprint density at radius 3 is 2.68 bits per heavy atom. The van der Waals surface area contributed by atoms with Crippen molar-refractivity contribution in [3.63, 3.8) is 0 Å². The summed E-state index contributed by atoms with van der Waals surface area (Å²) in [5.74, 6) is 0.554. The monoisotopic (exact) mass is 497 g/mol. The van der Waals surface area contributed by atoms with Gasteiger partial charge in [0.15, 0.2) is 5.96 Å². The fourth-order valence-electron chi connectivity index (χ4n) is 3.30. The summed E-state index contributed by atoms with van der Waals surface area (Å²) in [5.41, 5.74) is 2.38. The molecule has 7 nitrogen and oxygen atoms in total. The molecule has 0 bridgehead atoms. The van der Waals surface area contributed by atoms with Crippen LogP contribution in [0.15, 0.2) is 35.5 Å². The highest BCUT2D eigenvalue weighted by molar-refractivity contribution is 14.0. The Kier molecular flexibility index (Phi) is 8.75. The first kappa shape index (κ1) is 22.2. The van der Waals surface area contributed by atoms with Crippen LogP contribution < -0.4 is 10.6 Å². The van der Waals surface area contributed by atoms with Gasteiger partial charge < -0.3 is 15.6 Å². The smallest absolute Gasteiger partial charge is 0.229 e. The zero-order valence-electron chi connectivity index (χ0n) is 16.2. The maximum Gasteiger partial charge on any atom is 0.229 e. The summed E-state index contributed by atoms with van der Waals surface area (Å²) in [6.07, 6.45) is 4.46. The third kappa shape index (κ3) is 5.70. The van der Waals surface area contributed by atoms with Gasteiger partial charge in [-0.3, -0.25) is 19.5 Å². The molecule has 0 radical (unpaired) electrons. The number of halogens is 1. The van der Waals surface area contributed by atoms with Gasteiger partial charge in [0, 0.05) is 56.1 Å². The van der Waals surface area contributed by atoms with Crippen molar-refractivity contribution in [3.8, 4) is 0 Å². The van der Waals surface area contributed by atoms with E-state index in [-0.39, 0.29) is 35.8 Å². The number of carbonyl (C=O) groups is 2. The highest BCUT2D eigenvalue weighted by Crippen LogP contribution is 2.18. The molecule has 28 heavy (non-hydrogen) atoms. The SMILES string of the molecule is CCNC(=NCCc1c[nH]c2ccccc12)NCCN1C(=O)CCCC1=O.I. The molecule has 1 fully saturated rings. The largest absolute Gasteiger partial charge is 0.361 e. The minimum Gasteiger partial charge on any atom is -0.361 e. The number of hydrogen-bond donors (Lipinski definition) is 3. The number of nitrogens with zero attached hydrogens (tertiary/aromatic N) is 2. The fraction of sp³-hybridized carbons (Fsp3) is 0.450. The lowest BCUT2D eigenvalue weighted by Crippen LogP contribution is -2.46. The second-order valence-corrected chi connectivity index (χ2v) is 6.59. The van der Waals surface area contributed by atoms with Crippen LogP contribution in [-0.4, -0.2) is 53.8 Å². The number of benzene rings is 1. The summed E-state index contributed by atoms with van der Waals surface area (Å²) in [4.78, 5) is 32.9. The Morgan fingerprint density at radius 1 is 1.18 bits per heavy atom. The van der Waals surface area contributed by atoms with Crippen molar-refractivity contribution in [2.45, 2.75) is 32.6 Å². The number of H-pyrrole nitrogens is 1. The average molecular weight is 497 g/mol. The van der Waals surface area contributed by atoms with Gasteiger partial charge in [-0.1, -0.05) is 18.2 Å². The lowest BCUT2D eigenvalue weighted by Gasteiger charge is -2.25. The molecule has 1 saturated heterocycles. The number of carbonyl (C=O) groups excluding carboxylic acids is 2. The van der Waals surface area contributed by atoms with Crippen LogP contribution in [0.3, 0.4) is 0 Å². The molecule has 2 heterocycles. The van der Waals surface area contributed by atoms with Gasteiger partial charge in [-0.2, -0.15) is 0 Å². The molecule has 1 aromatic heterocycles. The number of piperidine rings is 1. The first-order valence-electron chi connectivity index (χ1n) is 9.59. The molecule has 0 saturated carbocycles. The molecule has 152 valence electrons. The van der Waals surface area contributed by atoms with Crippen molar-refractivity contribution < 1.29 is 9.59 Å². The number of hydrogen-bond acceptors (Lipinski definition) is 3. The summed E-state index contributed by atoms with van der Waals surface area (Å²) >= 11 is 0. The van der Waals surface area contributed by atoms with Crippen molar-refractivity contribution in [3.05, 3.63) is 36.0 Å². The molecule has 0 spiro atoms. The van der Waals surface area contributed by atoms with Crippen LogP contribution in [0.1, 0.15) is 31.7 Å². The first-order valence-corrected chi connectivity index (χ1v) is 9.59. The fourth-order valence-corrected chi connectivity index (χ4v) is 3.30. The maximum atomic E-state index is 11.8. The van der Waals surface area contributed by atoms with Crippen LogP contribution in [0, 0.1) is 0 Å². The van der Waals surface area contributed by atoms with Crippen LogP contribution in [-0.2, 0) is 16.0 Å². The molecule has 3 N–H and O–H groups in total. The molecule has 1 aliphatic rings. The highest BCUT2D eigenvalue weighted by Gasteiger charge is 2.25. The number of rotatable bonds is 7. The Balaban J connectivity index is 0.00000280. The first-order chi connectivity index (χ1) is 13.2. The van der Waals surface area contributed by atoms with Crippen molar-refractivity contribution in [1.29, 1.82) is 0 Å². The summed E-state index contributed by atoms with van der Waals surface area (Å²) in [6, 6.07) is 8.24. The standard InChI is InChI=1S/C20H27N5O2.HI/c1-2-21-20(23-12-13-25-18(26)8-5-9-19(25)27)22-11-10-15-14-24-17-7-4-3-6-16(15)17;/h3-4,6-7,14,24H,2,5,8-13H2,1H3,(H2,21,22,23);1H. The summed E-state index contributed by atoms with van der Waals surface area (Å²) in [5, 5.41) is 7.64. The zero-order valence-corrected chi connectivity index (χ0v) is 18.5. The minimum absolute atomic E-state index is 0. The van der Waals surface area contributed by atoms with Crippen molar-refractivity contribution in [2.75, 3.05) is 26.2 Å². The van der Waals surface area contributed by atoms with Gasteiger partial charge in [0.25, 0.3) is 0 Å². The van der Waals surface area contributed by atoms with E-state index in [0.717, 1.165) is 18.5 Å². The number of aromatic amines is 1. The number of likely N-dealkylation sites (tertiary alicyclic amines) is 1. The van der Waals surface area contributed by atoms with E-state index in [1.165, 1.54) is 15.8 Å². The third-order valence-electron chi connectivity index (χ3n) is 4.68. The van der Waals surface area contributed by atoms with Gasteiger partial charge in [0.2, 0.25) is 11.8 Å². The number of para-hydroxylation sites is 1. The lowest BCUT2D eigenvalue weighted by atomic mass is 10.1. The van der Waals surface area contributed by atoms with Crippen LogP contribution in [0.5, 0.6) is 0 Å². The van der Waals surface area contributed by atoms with Crippen LogP contribution >= 0.6 is 24.0 Å². The molecule has 1 aliphatic heterocycles. The molecule has 3 rings (SSSR count).